The van der Waals surface area contributed by atoms with Crippen LogP contribution in [0.1, 0.15) is 19.7 Å². The monoisotopic (exact) mass is 196 g/mol. The zero-order valence-corrected chi connectivity index (χ0v) is 8.56. The van der Waals surface area contributed by atoms with E-state index in [0.717, 1.165) is 25.5 Å². The SMILES string of the molecule is CC1CN(Cc2nn[nH]n2)C(C)CN1. The van der Waals surface area contributed by atoms with Crippen LogP contribution < -0.4 is 5.32 Å². The lowest BCUT2D eigenvalue weighted by molar-refractivity contribution is 0.135. The smallest absolute Gasteiger partial charge is 0.188 e. The van der Waals surface area contributed by atoms with Crippen molar-refractivity contribution in [3.63, 3.8) is 0 Å². The minimum absolute atomic E-state index is 0.532. The van der Waals surface area contributed by atoms with E-state index in [9.17, 15) is 0 Å². The summed E-state index contributed by atoms with van der Waals surface area (Å²) < 4.78 is 0. The van der Waals surface area contributed by atoms with E-state index in [-0.39, 0.29) is 0 Å². The first-order valence-electron chi connectivity index (χ1n) is 4.95. The van der Waals surface area contributed by atoms with Crippen LogP contribution in [0.15, 0.2) is 0 Å². The minimum Gasteiger partial charge on any atom is -0.311 e. The van der Waals surface area contributed by atoms with E-state index in [0.29, 0.717) is 12.1 Å². The van der Waals surface area contributed by atoms with Gasteiger partial charge in [-0.25, -0.2) is 0 Å². The third kappa shape index (κ3) is 2.08. The molecule has 6 nitrogen and oxygen atoms in total. The zero-order chi connectivity index (χ0) is 9.97. The molecule has 14 heavy (non-hydrogen) atoms. The maximum absolute atomic E-state index is 3.96. The summed E-state index contributed by atoms with van der Waals surface area (Å²) in [4.78, 5) is 2.37. The van der Waals surface area contributed by atoms with Crippen LogP contribution in [0.3, 0.4) is 0 Å². The molecule has 2 rings (SSSR count). The van der Waals surface area contributed by atoms with Crippen molar-refractivity contribution in [2.24, 2.45) is 0 Å². The molecule has 6 heteroatoms. The third-order valence-electron chi connectivity index (χ3n) is 2.63. The van der Waals surface area contributed by atoms with Crippen molar-refractivity contribution in [3.05, 3.63) is 5.82 Å². The second-order valence-corrected chi connectivity index (χ2v) is 3.92. The second kappa shape index (κ2) is 4.02. The molecule has 1 aromatic rings. The molecule has 0 radical (unpaired) electrons. The Labute approximate surface area is 83.1 Å². The maximum Gasteiger partial charge on any atom is 0.188 e. The summed E-state index contributed by atoms with van der Waals surface area (Å²) in [6, 6.07) is 1.07. The highest BCUT2D eigenvalue weighted by Gasteiger charge is 2.23. The quantitative estimate of drug-likeness (QED) is 0.660. The number of H-pyrrole nitrogens is 1. The molecular weight excluding hydrogens is 180 g/mol. The number of piperazine rings is 1. The number of nitrogens with zero attached hydrogens (tertiary/aromatic N) is 4. The van der Waals surface area contributed by atoms with Crippen LogP contribution in [-0.2, 0) is 6.54 Å². The molecule has 1 aliphatic rings. The molecular formula is C8H16N6. The molecule has 0 bridgehead atoms. The molecule has 1 fully saturated rings. The topological polar surface area (TPSA) is 69.7 Å². The Bertz CT molecular complexity index is 271. The van der Waals surface area contributed by atoms with E-state index >= 15 is 0 Å². The van der Waals surface area contributed by atoms with Crippen LogP contribution in [-0.4, -0.2) is 50.7 Å². The minimum atomic E-state index is 0.532. The molecule has 1 aromatic heterocycles. The molecule has 0 saturated carbocycles. The van der Waals surface area contributed by atoms with Crippen molar-refractivity contribution in [2.45, 2.75) is 32.5 Å². The molecule has 2 heterocycles. The van der Waals surface area contributed by atoms with Gasteiger partial charge >= 0.3 is 0 Å². The van der Waals surface area contributed by atoms with Gasteiger partial charge in [0.2, 0.25) is 0 Å². The van der Waals surface area contributed by atoms with Gasteiger partial charge in [-0.2, -0.15) is 5.21 Å². The molecule has 78 valence electrons. The molecule has 2 atom stereocenters. The van der Waals surface area contributed by atoms with Crippen LogP contribution in [0.4, 0.5) is 0 Å². The standard InChI is InChI=1S/C8H16N6/c1-6-4-14(7(2)3-9-6)5-8-10-12-13-11-8/h6-7,9H,3-5H2,1-2H3,(H,10,11,12,13). The third-order valence-corrected chi connectivity index (χ3v) is 2.63. The van der Waals surface area contributed by atoms with Crippen LogP contribution in [0.25, 0.3) is 0 Å². The van der Waals surface area contributed by atoms with E-state index in [4.69, 9.17) is 0 Å². The van der Waals surface area contributed by atoms with Gasteiger partial charge in [0, 0.05) is 25.2 Å². The van der Waals surface area contributed by atoms with E-state index in [1.165, 1.54) is 0 Å². The van der Waals surface area contributed by atoms with E-state index < -0.39 is 0 Å². The molecule has 0 spiro atoms. The van der Waals surface area contributed by atoms with Gasteiger partial charge in [-0.1, -0.05) is 5.21 Å². The predicted molar refractivity (Wildman–Crippen MR) is 51.5 cm³/mol. The van der Waals surface area contributed by atoms with Gasteiger partial charge in [-0.05, 0) is 13.8 Å². The van der Waals surface area contributed by atoms with E-state index in [1.807, 2.05) is 0 Å². The lowest BCUT2D eigenvalue weighted by Crippen LogP contribution is -2.53. The van der Waals surface area contributed by atoms with E-state index in [2.05, 4.69) is 44.7 Å². The van der Waals surface area contributed by atoms with Gasteiger partial charge < -0.3 is 5.32 Å². The van der Waals surface area contributed by atoms with Crippen molar-refractivity contribution in [1.29, 1.82) is 0 Å². The Hall–Kier alpha value is -1.01. The lowest BCUT2D eigenvalue weighted by Gasteiger charge is -2.36. The fraction of sp³-hybridized carbons (Fsp3) is 0.875. The van der Waals surface area contributed by atoms with Gasteiger partial charge in [-0.15, -0.1) is 10.2 Å². The lowest BCUT2D eigenvalue weighted by atomic mass is 10.1. The fourth-order valence-electron chi connectivity index (χ4n) is 1.75. The molecule has 1 saturated heterocycles. The van der Waals surface area contributed by atoms with Crippen molar-refractivity contribution in [1.82, 2.24) is 30.8 Å². The average Bonchev–Trinajstić information content (AvgIpc) is 2.64. The first-order valence-corrected chi connectivity index (χ1v) is 4.95. The van der Waals surface area contributed by atoms with Gasteiger partial charge in [0.15, 0.2) is 5.82 Å². The number of aromatic nitrogens is 4. The summed E-state index contributed by atoms with van der Waals surface area (Å²) in [5, 5.41) is 17.4. The number of hydrogen-bond acceptors (Lipinski definition) is 5. The fourth-order valence-corrected chi connectivity index (χ4v) is 1.75. The van der Waals surface area contributed by atoms with Gasteiger partial charge in [-0.3, -0.25) is 4.90 Å². The molecule has 2 unspecified atom stereocenters. The Kier molecular flexibility index (Phi) is 2.74. The Morgan fingerprint density at radius 3 is 3.07 bits per heavy atom. The highest BCUT2D eigenvalue weighted by molar-refractivity contribution is 4.85. The average molecular weight is 196 g/mol. The summed E-state index contributed by atoms with van der Waals surface area (Å²) in [6.07, 6.45) is 0. The van der Waals surface area contributed by atoms with Gasteiger partial charge in [0.25, 0.3) is 0 Å². The first-order chi connectivity index (χ1) is 6.75. The van der Waals surface area contributed by atoms with Crippen molar-refractivity contribution in [2.75, 3.05) is 13.1 Å². The number of nitrogens with one attached hydrogen (secondary N) is 2. The molecule has 0 amide bonds. The number of hydrogen-bond donors (Lipinski definition) is 2. The largest absolute Gasteiger partial charge is 0.311 e. The maximum atomic E-state index is 3.96. The van der Waals surface area contributed by atoms with Crippen molar-refractivity contribution in [3.8, 4) is 0 Å². The summed E-state index contributed by atoms with van der Waals surface area (Å²) >= 11 is 0. The van der Waals surface area contributed by atoms with Crippen LogP contribution >= 0.6 is 0 Å². The Morgan fingerprint density at radius 2 is 2.36 bits per heavy atom. The summed E-state index contributed by atoms with van der Waals surface area (Å²) in [5.41, 5.74) is 0. The second-order valence-electron chi connectivity index (χ2n) is 3.92. The molecule has 1 aliphatic heterocycles. The highest BCUT2D eigenvalue weighted by atomic mass is 15.5. The van der Waals surface area contributed by atoms with Gasteiger partial charge in [0.05, 0.1) is 6.54 Å². The predicted octanol–water partition coefficient (Wildman–Crippen LogP) is -0.618. The molecule has 0 aliphatic carbocycles. The Morgan fingerprint density at radius 1 is 1.50 bits per heavy atom. The van der Waals surface area contributed by atoms with Crippen LogP contribution in [0, 0.1) is 0 Å². The molecule has 0 aromatic carbocycles. The summed E-state index contributed by atoms with van der Waals surface area (Å²) in [6.45, 7) is 7.24. The normalized spacial score (nSPS) is 29.3. The number of rotatable bonds is 2. The van der Waals surface area contributed by atoms with Crippen LogP contribution in [0.5, 0.6) is 0 Å². The summed E-state index contributed by atoms with van der Waals surface area (Å²) in [5.74, 6) is 0.769. The van der Waals surface area contributed by atoms with Crippen molar-refractivity contribution < 1.29 is 0 Å². The zero-order valence-electron chi connectivity index (χ0n) is 8.56. The molecule has 2 N–H and O–H groups in total. The van der Waals surface area contributed by atoms with Crippen LogP contribution in [0.2, 0.25) is 0 Å². The Balaban J connectivity index is 1.95. The number of aromatic amines is 1. The van der Waals surface area contributed by atoms with Crippen molar-refractivity contribution >= 4 is 0 Å². The summed E-state index contributed by atoms with van der Waals surface area (Å²) in [7, 11) is 0. The first kappa shape index (κ1) is 9.54. The number of tetrazole rings is 1. The highest BCUT2D eigenvalue weighted by Crippen LogP contribution is 2.08. The van der Waals surface area contributed by atoms with E-state index in [1.54, 1.807) is 0 Å². The van der Waals surface area contributed by atoms with Gasteiger partial charge in [0.1, 0.15) is 0 Å².